The summed E-state index contributed by atoms with van der Waals surface area (Å²) < 4.78 is 2.17. The molecule has 0 atom stereocenters. The van der Waals surface area contributed by atoms with Gasteiger partial charge in [-0.1, -0.05) is 78.8 Å². The second-order valence-corrected chi connectivity index (χ2v) is 9.72. The van der Waals surface area contributed by atoms with Gasteiger partial charge in [-0.15, -0.1) is 10.2 Å². The van der Waals surface area contributed by atoms with Gasteiger partial charge in [-0.05, 0) is 37.1 Å². The van der Waals surface area contributed by atoms with Crippen LogP contribution in [-0.4, -0.2) is 61.7 Å². The van der Waals surface area contributed by atoms with Crippen LogP contribution in [0.5, 0.6) is 0 Å². The van der Waals surface area contributed by atoms with E-state index in [9.17, 15) is 4.79 Å². The van der Waals surface area contributed by atoms with Gasteiger partial charge in [0.15, 0.2) is 5.16 Å². The second kappa shape index (κ2) is 11.0. The molecule has 2 aromatic carbocycles. The van der Waals surface area contributed by atoms with Crippen molar-refractivity contribution in [2.75, 3.05) is 25.4 Å². The third-order valence-electron chi connectivity index (χ3n) is 6.31. The summed E-state index contributed by atoms with van der Waals surface area (Å²) in [5.74, 6) is 1.26. The number of thioether (sulfide) groups is 1. The number of amides is 1. The average Bonchev–Trinajstić information content (AvgIpc) is 3.53. The molecule has 1 fully saturated rings. The van der Waals surface area contributed by atoms with Crippen LogP contribution in [-0.2, 0) is 17.9 Å². The lowest BCUT2D eigenvalue weighted by Crippen LogP contribution is -2.30. The number of nitrogens with zero attached hydrogens (tertiary/aromatic N) is 6. The fourth-order valence-corrected chi connectivity index (χ4v) is 5.28. The van der Waals surface area contributed by atoms with E-state index in [0.717, 1.165) is 48.3 Å². The molecule has 0 N–H and O–H groups in total. The minimum absolute atomic E-state index is 0.00257. The highest BCUT2D eigenvalue weighted by atomic mass is 32.2. The maximum absolute atomic E-state index is 12.9. The topological polar surface area (TPSA) is 66.6 Å². The van der Waals surface area contributed by atoms with Gasteiger partial charge in [0, 0.05) is 6.42 Å². The first-order valence-electron chi connectivity index (χ1n) is 12.0. The monoisotopic (exact) mass is 474 g/mol. The van der Waals surface area contributed by atoms with Crippen molar-refractivity contribution in [2.45, 2.75) is 43.9 Å². The van der Waals surface area contributed by atoms with Crippen LogP contribution in [0.25, 0.3) is 0 Å². The Morgan fingerprint density at radius 1 is 0.853 bits per heavy atom. The SMILES string of the molecule is O=C(CSc1nnc(CN2CCCCC2)n1Cc1ccccc1)N1CCC(c2ccccc2)=N1. The summed E-state index contributed by atoms with van der Waals surface area (Å²) in [6.07, 6.45) is 4.57. The van der Waals surface area contributed by atoms with E-state index in [1.54, 1.807) is 5.01 Å². The minimum atomic E-state index is 0.00257. The van der Waals surface area contributed by atoms with Gasteiger partial charge in [0.1, 0.15) is 5.82 Å². The Morgan fingerprint density at radius 2 is 1.59 bits per heavy atom. The molecule has 1 aromatic heterocycles. The number of piperidine rings is 1. The molecule has 3 aromatic rings. The first kappa shape index (κ1) is 22.8. The highest BCUT2D eigenvalue weighted by Crippen LogP contribution is 2.22. The molecular weight excluding hydrogens is 444 g/mol. The maximum atomic E-state index is 12.9. The van der Waals surface area contributed by atoms with Gasteiger partial charge in [-0.3, -0.25) is 9.69 Å². The number of likely N-dealkylation sites (tertiary alicyclic amines) is 1. The third kappa shape index (κ3) is 5.56. The number of carbonyl (C=O) groups excluding carboxylic acids is 1. The van der Waals surface area contributed by atoms with Crippen LogP contribution >= 0.6 is 11.8 Å². The van der Waals surface area contributed by atoms with Gasteiger partial charge in [-0.2, -0.15) is 5.10 Å². The molecular formula is C26H30N6OS. The number of rotatable bonds is 8. The van der Waals surface area contributed by atoms with Gasteiger partial charge in [-0.25, -0.2) is 5.01 Å². The van der Waals surface area contributed by atoms with Gasteiger partial charge in [0.25, 0.3) is 5.91 Å². The molecule has 0 unspecified atom stereocenters. The number of hydrogen-bond donors (Lipinski definition) is 0. The number of hydrogen-bond acceptors (Lipinski definition) is 6. The molecule has 0 spiro atoms. The van der Waals surface area contributed by atoms with Crippen molar-refractivity contribution in [3.05, 3.63) is 77.6 Å². The molecule has 0 radical (unpaired) electrons. The van der Waals surface area contributed by atoms with Crippen LogP contribution < -0.4 is 0 Å². The van der Waals surface area contributed by atoms with E-state index in [1.807, 2.05) is 36.4 Å². The van der Waals surface area contributed by atoms with Gasteiger partial charge in [0.2, 0.25) is 0 Å². The molecule has 3 heterocycles. The predicted octanol–water partition coefficient (Wildman–Crippen LogP) is 4.04. The summed E-state index contributed by atoms with van der Waals surface area (Å²) >= 11 is 1.45. The standard InChI is InChI=1S/C26H30N6OS/c33-25(32-17-14-23(29-32)22-12-6-2-7-13-22)20-34-26-28-27-24(19-30-15-8-3-9-16-30)31(26)18-21-10-4-1-5-11-21/h1-2,4-7,10-13H,3,8-9,14-20H2. The van der Waals surface area contributed by atoms with Crippen molar-refractivity contribution < 1.29 is 4.79 Å². The first-order valence-corrected chi connectivity index (χ1v) is 13.0. The van der Waals surface area contributed by atoms with Crippen molar-refractivity contribution in [3.8, 4) is 0 Å². The molecule has 5 rings (SSSR count). The van der Waals surface area contributed by atoms with E-state index in [2.05, 4.69) is 49.0 Å². The van der Waals surface area contributed by atoms with E-state index < -0.39 is 0 Å². The molecule has 8 heteroatoms. The fourth-order valence-electron chi connectivity index (χ4n) is 4.46. The van der Waals surface area contributed by atoms with Crippen LogP contribution in [0.3, 0.4) is 0 Å². The Kier molecular flexibility index (Phi) is 7.36. The van der Waals surface area contributed by atoms with E-state index >= 15 is 0 Å². The van der Waals surface area contributed by atoms with Crippen LogP contribution in [0, 0.1) is 0 Å². The molecule has 1 saturated heterocycles. The minimum Gasteiger partial charge on any atom is -0.300 e. The Labute approximate surface area is 204 Å². The van der Waals surface area contributed by atoms with Crippen LogP contribution in [0.2, 0.25) is 0 Å². The van der Waals surface area contributed by atoms with Gasteiger partial charge in [0.05, 0.1) is 31.1 Å². The highest BCUT2D eigenvalue weighted by Gasteiger charge is 2.23. The maximum Gasteiger partial charge on any atom is 0.253 e. The number of benzene rings is 2. The molecule has 1 amide bonds. The highest BCUT2D eigenvalue weighted by molar-refractivity contribution is 7.99. The van der Waals surface area contributed by atoms with E-state index in [1.165, 1.54) is 36.6 Å². The van der Waals surface area contributed by atoms with Crippen molar-refractivity contribution >= 4 is 23.4 Å². The molecule has 0 bridgehead atoms. The third-order valence-corrected chi connectivity index (χ3v) is 7.26. The summed E-state index contributed by atoms with van der Waals surface area (Å²) in [4.78, 5) is 15.4. The number of aromatic nitrogens is 3. The zero-order valence-electron chi connectivity index (χ0n) is 19.3. The Morgan fingerprint density at radius 3 is 2.35 bits per heavy atom. The smallest absolute Gasteiger partial charge is 0.253 e. The Hall–Kier alpha value is -2.97. The van der Waals surface area contributed by atoms with Crippen LogP contribution in [0.1, 0.15) is 42.6 Å². The summed E-state index contributed by atoms with van der Waals surface area (Å²) in [5.41, 5.74) is 3.25. The normalized spacial score (nSPS) is 16.6. The summed E-state index contributed by atoms with van der Waals surface area (Å²) in [6.45, 7) is 4.34. The van der Waals surface area contributed by atoms with Crippen molar-refractivity contribution in [1.29, 1.82) is 0 Å². The quantitative estimate of drug-likeness (QED) is 0.461. The summed E-state index contributed by atoms with van der Waals surface area (Å²) in [6, 6.07) is 20.4. The first-order chi connectivity index (χ1) is 16.8. The molecule has 2 aliphatic rings. The number of hydrazone groups is 1. The van der Waals surface area contributed by atoms with Crippen molar-refractivity contribution in [1.82, 2.24) is 24.7 Å². The predicted molar refractivity (Wildman–Crippen MR) is 135 cm³/mol. The van der Waals surface area contributed by atoms with Crippen molar-refractivity contribution in [2.24, 2.45) is 5.10 Å². The lowest BCUT2D eigenvalue weighted by Gasteiger charge is -2.26. The van der Waals surface area contributed by atoms with Crippen molar-refractivity contribution in [3.63, 3.8) is 0 Å². The molecule has 176 valence electrons. The van der Waals surface area contributed by atoms with E-state index in [-0.39, 0.29) is 5.91 Å². The summed E-state index contributed by atoms with van der Waals surface area (Å²) in [7, 11) is 0. The Bertz CT molecular complexity index is 1120. The zero-order chi connectivity index (χ0) is 23.2. The van der Waals surface area contributed by atoms with Crippen LogP contribution in [0.15, 0.2) is 70.9 Å². The largest absolute Gasteiger partial charge is 0.300 e. The molecule has 2 aliphatic heterocycles. The number of carbonyl (C=O) groups is 1. The van der Waals surface area contributed by atoms with Gasteiger partial charge < -0.3 is 4.57 Å². The lowest BCUT2D eigenvalue weighted by molar-refractivity contribution is -0.127. The molecule has 0 aliphatic carbocycles. The molecule has 34 heavy (non-hydrogen) atoms. The molecule has 7 nitrogen and oxygen atoms in total. The summed E-state index contributed by atoms with van der Waals surface area (Å²) in [5, 5.41) is 16.0. The van der Waals surface area contributed by atoms with E-state index in [4.69, 9.17) is 0 Å². The van der Waals surface area contributed by atoms with E-state index in [0.29, 0.717) is 18.8 Å². The van der Waals surface area contributed by atoms with Crippen LogP contribution in [0.4, 0.5) is 0 Å². The average molecular weight is 475 g/mol. The lowest BCUT2D eigenvalue weighted by atomic mass is 10.1. The fraction of sp³-hybridized carbons (Fsp3) is 0.385. The van der Waals surface area contributed by atoms with Gasteiger partial charge >= 0.3 is 0 Å². The molecule has 0 saturated carbocycles. The Balaban J connectivity index is 1.28. The zero-order valence-corrected chi connectivity index (χ0v) is 20.2. The second-order valence-electron chi connectivity index (χ2n) is 8.78.